The molecule has 4 aromatic rings. The van der Waals surface area contributed by atoms with Crippen LogP contribution in [0.3, 0.4) is 0 Å². The Morgan fingerprint density at radius 2 is 1.83 bits per heavy atom. The molecule has 3 aromatic heterocycles. The van der Waals surface area contributed by atoms with Gasteiger partial charge in [-0.1, -0.05) is 17.7 Å². The Morgan fingerprint density at radius 1 is 1.03 bits per heavy atom. The van der Waals surface area contributed by atoms with Gasteiger partial charge in [0.1, 0.15) is 5.82 Å². The Morgan fingerprint density at radius 3 is 2.52 bits per heavy atom. The summed E-state index contributed by atoms with van der Waals surface area (Å²) in [4.78, 5) is 15.6. The number of hydrogen-bond donors (Lipinski definition) is 0. The Balaban J connectivity index is 1.58. The Hall–Kier alpha value is -3.12. The highest BCUT2D eigenvalue weighted by atomic mass is 32.1. The molecule has 0 spiro atoms. The van der Waals surface area contributed by atoms with E-state index < -0.39 is 0 Å². The number of fused-ring (bicyclic) bond motifs is 1. The van der Waals surface area contributed by atoms with E-state index in [0.717, 1.165) is 33.2 Å². The first-order valence-electron chi connectivity index (χ1n) is 9.67. The van der Waals surface area contributed by atoms with Crippen LogP contribution in [0.1, 0.15) is 37.6 Å². The lowest BCUT2D eigenvalue weighted by atomic mass is 10.1. The van der Waals surface area contributed by atoms with Crippen molar-refractivity contribution in [3.63, 3.8) is 0 Å². The fourth-order valence-corrected chi connectivity index (χ4v) is 4.86. The fourth-order valence-electron chi connectivity index (χ4n) is 4.00. The Labute approximate surface area is 173 Å². The van der Waals surface area contributed by atoms with Crippen molar-refractivity contribution in [2.45, 2.75) is 33.9 Å². The quantitative estimate of drug-likeness (QED) is 0.494. The zero-order chi connectivity index (χ0) is 20.1. The number of aromatic nitrogens is 3. The Bertz CT molecular complexity index is 1220. The van der Waals surface area contributed by atoms with Crippen molar-refractivity contribution >= 4 is 17.2 Å². The van der Waals surface area contributed by atoms with Gasteiger partial charge in [0, 0.05) is 18.0 Å². The topological polar surface area (TPSA) is 43.1 Å². The third-order valence-corrected chi connectivity index (χ3v) is 6.42. The van der Waals surface area contributed by atoms with Crippen LogP contribution in [0.15, 0.2) is 54.2 Å². The molecule has 1 aliphatic rings. The summed E-state index contributed by atoms with van der Waals surface area (Å²) in [5, 5.41) is 6.97. The minimum atomic E-state index is 0.0811. The molecule has 0 N–H and O–H groups in total. The van der Waals surface area contributed by atoms with E-state index in [1.165, 1.54) is 22.5 Å². The molecule has 1 aromatic carbocycles. The summed E-state index contributed by atoms with van der Waals surface area (Å²) in [6.07, 6.45) is 4.06. The van der Waals surface area contributed by atoms with Gasteiger partial charge in [-0.15, -0.1) is 11.3 Å². The van der Waals surface area contributed by atoms with Crippen molar-refractivity contribution in [2.75, 3.05) is 0 Å². The van der Waals surface area contributed by atoms with Gasteiger partial charge in [-0.2, -0.15) is 5.10 Å². The van der Waals surface area contributed by atoms with E-state index in [9.17, 15) is 4.79 Å². The first-order chi connectivity index (χ1) is 14.0. The average Bonchev–Trinajstić information content (AvgIpc) is 3.44. The maximum Gasteiger partial charge on any atom is 0.264 e. The number of thiophene rings is 1. The molecular formula is C23H22N4OS. The number of carbonyl (C=O) groups is 1. The molecule has 4 heterocycles. The minimum absolute atomic E-state index is 0.0811. The summed E-state index contributed by atoms with van der Waals surface area (Å²) in [5.74, 6) is 1.09. The molecule has 146 valence electrons. The summed E-state index contributed by atoms with van der Waals surface area (Å²) >= 11 is 1.51. The highest BCUT2D eigenvalue weighted by Gasteiger charge is 2.32. The molecule has 1 aliphatic heterocycles. The van der Waals surface area contributed by atoms with E-state index in [4.69, 9.17) is 5.10 Å². The molecular weight excluding hydrogens is 380 g/mol. The summed E-state index contributed by atoms with van der Waals surface area (Å²) in [6.45, 7) is 7.34. The molecule has 0 radical (unpaired) electrons. The van der Waals surface area contributed by atoms with Crippen molar-refractivity contribution in [3.05, 3.63) is 87.0 Å². The highest BCUT2D eigenvalue weighted by molar-refractivity contribution is 7.12. The fraction of sp³-hybridized carbons (Fsp3) is 0.217. The maximum atomic E-state index is 13.0. The van der Waals surface area contributed by atoms with Gasteiger partial charge in [-0.05, 0) is 61.5 Å². The van der Waals surface area contributed by atoms with Crippen molar-refractivity contribution < 1.29 is 4.79 Å². The predicted molar refractivity (Wildman–Crippen MR) is 115 cm³/mol. The summed E-state index contributed by atoms with van der Waals surface area (Å²) in [7, 11) is 0. The molecule has 5 rings (SSSR count). The smallest absolute Gasteiger partial charge is 0.264 e. The monoisotopic (exact) mass is 402 g/mol. The van der Waals surface area contributed by atoms with Crippen molar-refractivity contribution in [3.8, 4) is 11.5 Å². The van der Waals surface area contributed by atoms with Gasteiger partial charge >= 0.3 is 0 Å². The third kappa shape index (κ3) is 3.00. The molecule has 29 heavy (non-hydrogen) atoms. The third-order valence-electron chi connectivity index (χ3n) is 5.39. The SMILES string of the molecule is Cc1csc(C(=O)N2Cc3nn(-c4ccc(C)cc4C)c(-n4cccc4)c3C2)c1. The molecule has 6 heteroatoms. The Kier molecular flexibility index (Phi) is 4.17. The van der Waals surface area contributed by atoms with Crippen molar-refractivity contribution in [1.29, 1.82) is 0 Å². The lowest BCUT2D eigenvalue weighted by molar-refractivity contribution is 0.0754. The van der Waals surface area contributed by atoms with E-state index in [-0.39, 0.29) is 5.91 Å². The van der Waals surface area contributed by atoms with Crippen LogP contribution >= 0.6 is 11.3 Å². The second kappa shape index (κ2) is 6.74. The number of amides is 1. The van der Waals surface area contributed by atoms with Gasteiger partial charge in [0.2, 0.25) is 0 Å². The van der Waals surface area contributed by atoms with Crippen LogP contribution in [0.25, 0.3) is 11.5 Å². The lowest BCUT2D eigenvalue weighted by Gasteiger charge is -2.17. The van der Waals surface area contributed by atoms with Gasteiger partial charge in [-0.25, -0.2) is 4.68 Å². The molecule has 1 amide bonds. The maximum absolute atomic E-state index is 13.0. The molecule has 0 saturated carbocycles. The van der Waals surface area contributed by atoms with Crippen LogP contribution in [0, 0.1) is 20.8 Å². The molecule has 0 atom stereocenters. The number of carbonyl (C=O) groups excluding carboxylic acids is 1. The van der Waals surface area contributed by atoms with Crippen LogP contribution in [-0.2, 0) is 13.1 Å². The number of hydrogen-bond acceptors (Lipinski definition) is 3. The van der Waals surface area contributed by atoms with Gasteiger partial charge in [0.15, 0.2) is 0 Å². The largest absolute Gasteiger partial charge is 0.327 e. The molecule has 0 bridgehead atoms. The number of rotatable bonds is 3. The van der Waals surface area contributed by atoms with E-state index in [1.54, 1.807) is 0 Å². The van der Waals surface area contributed by atoms with Crippen LogP contribution in [0.4, 0.5) is 0 Å². The van der Waals surface area contributed by atoms with Crippen LogP contribution in [-0.4, -0.2) is 25.2 Å². The predicted octanol–water partition coefficient (Wildman–Crippen LogP) is 4.81. The summed E-state index contributed by atoms with van der Waals surface area (Å²) in [5.41, 5.74) is 6.69. The summed E-state index contributed by atoms with van der Waals surface area (Å²) in [6, 6.07) is 12.4. The van der Waals surface area contributed by atoms with Crippen LogP contribution in [0.5, 0.6) is 0 Å². The van der Waals surface area contributed by atoms with E-state index in [2.05, 4.69) is 36.6 Å². The molecule has 0 fully saturated rings. The zero-order valence-corrected chi connectivity index (χ0v) is 17.5. The number of aryl methyl sites for hydroxylation is 3. The van der Waals surface area contributed by atoms with E-state index >= 15 is 0 Å². The zero-order valence-electron chi connectivity index (χ0n) is 16.7. The molecule has 0 unspecified atom stereocenters. The van der Waals surface area contributed by atoms with E-state index in [0.29, 0.717) is 13.1 Å². The minimum Gasteiger partial charge on any atom is -0.327 e. The average molecular weight is 403 g/mol. The van der Waals surface area contributed by atoms with Gasteiger partial charge in [0.05, 0.1) is 29.3 Å². The van der Waals surface area contributed by atoms with E-state index in [1.807, 2.05) is 52.5 Å². The second-order valence-corrected chi connectivity index (χ2v) is 8.60. The first-order valence-corrected chi connectivity index (χ1v) is 10.6. The number of nitrogens with zero attached hydrogens (tertiary/aromatic N) is 4. The van der Waals surface area contributed by atoms with Gasteiger partial charge < -0.3 is 9.47 Å². The van der Waals surface area contributed by atoms with Crippen LogP contribution < -0.4 is 0 Å². The standard InChI is InChI=1S/C23H22N4OS/c1-15-6-7-20(17(3)10-15)27-22(25-8-4-5-9-25)18-12-26(13-19(18)24-27)23(28)21-11-16(2)14-29-21/h4-11,14H,12-13H2,1-3H3. The second-order valence-electron chi connectivity index (χ2n) is 7.69. The summed E-state index contributed by atoms with van der Waals surface area (Å²) < 4.78 is 4.12. The van der Waals surface area contributed by atoms with Gasteiger partial charge in [0.25, 0.3) is 5.91 Å². The normalized spacial score (nSPS) is 13.1. The molecule has 0 saturated heterocycles. The van der Waals surface area contributed by atoms with Crippen LogP contribution in [0.2, 0.25) is 0 Å². The molecule has 5 nitrogen and oxygen atoms in total. The lowest BCUT2D eigenvalue weighted by Crippen LogP contribution is -2.25. The van der Waals surface area contributed by atoms with Crippen molar-refractivity contribution in [1.82, 2.24) is 19.2 Å². The first kappa shape index (κ1) is 17.9. The van der Waals surface area contributed by atoms with Crippen molar-refractivity contribution in [2.24, 2.45) is 0 Å². The molecule has 0 aliphatic carbocycles. The van der Waals surface area contributed by atoms with Gasteiger partial charge in [-0.3, -0.25) is 4.79 Å². The highest BCUT2D eigenvalue weighted by Crippen LogP contribution is 2.32. The number of benzene rings is 1.